The van der Waals surface area contributed by atoms with Crippen LogP contribution < -0.4 is 20.7 Å². The van der Waals surface area contributed by atoms with Crippen molar-refractivity contribution in [2.75, 3.05) is 31.8 Å². The summed E-state index contributed by atoms with van der Waals surface area (Å²) in [5.41, 5.74) is 2.66. The summed E-state index contributed by atoms with van der Waals surface area (Å²) in [7, 11) is 4.76. The molecule has 2 aliphatic carbocycles. The Labute approximate surface area is 269 Å². The molecule has 3 aromatic heterocycles. The molecule has 2 saturated carbocycles. The van der Waals surface area contributed by atoms with Crippen LogP contribution in [0, 0.1) is 5.92 Å². The van der Waals surface area contributed by atoms with Gasteiger partial charge < -0.3 is 30.3 Å². The Morgan fingerprint density at radius 3 is 2.54 bits per heavy atom. The molecule has 13 nitrogen and oxygen atoms in total. The molecule has 6 rings (SSSR count). The Morgan fingerprint density at radius 2 is 1.85 bits per heavy atom. The zero-order chi connectivity index (χ0) is 32.2. The summed E-state index contributed by atoms with van der Waals surface area (Å²) in [6, 6.07) is 10.5. The van der Waals surface area contributed by atoms with Crippen LogP contribution in [0.3, 0.4) is 0 Å². The van der Waals surface area contributed by atoms with Crippen molar-refractivity contribution in [1.82, 2.24) is 30.4 Å². The summed E-state index contributed by atoms with van der Waals surface area (Å²) < 4.78 is 11.5. The molecule has 2 aliphatic rings. The first-order chi connectivity index (χ1) is 22.3. The van der Waals surface area contributed by atoms with Crippen molar-refractivity contribution < 1.29 is 23.9 Å². The van der Waals surface area contributed by atoms with Crippen LogP contribution in [0.4, 0.5) is 17.2 Å². The van der Waals surface area contributed by atoms with Crippen molar-refractivity contribution >= 4 is 46.3 Å². The van der Waals surface area contributed by atoms with E-state index in [0.29, 0.717) is 47.6 Å². The molecule has 3 N–H and O–H groups in total. The highest BCUT2D eigenvalue weighted by atomic mass is 32.1. The van der Waals surface area contributed by atoms with Crippen LogP contribution in [0.5, 0.6) is 5.75 Å². The minimum absolute atomic E-state index is 0.0210. The van der Waals surface area contributed by atoms with Crippen molar-refractivity contribution in [1.29, 1.82) is 0 Å². The first-order valence-electron chi connectivity index (χ1n) is 14.9. The van der Waals surface area contributed by atoms with Crippen molar-refractivity contribution in [3.8, 4) is 16.9 Å². The quantitative estimate of drug-likeness (QED) is 0.191. The predicted octanol–water partition coefficient (Wildman–Crippen LogP) is 4.41. The second-order valence-electron chi connectivity index (χ2n) is 11.2. The lowest BCUT2D eigenvalue weighted by Gasteiger charge is -2.17. The smallest absolute Gasteiger partial charge is 0.273 e. The molecule has 0 unspecified atom stereocenters. The number of ether oxygens (including phenoxy) is 2. The number of hydrogen-bond acceptors (Lipinski definition) is 11. The fourth-order valence-electron chi connectivity index (χ4n) is 4.71. The van der Waals surface area contributed by atoms with Gasteiger partial charge in [-0.25, -0.2) is 4.98 Å². The molecule has 14 heteroatoms. The maximum atomic E-state index is 13.2. The normalized spacial score (nSPS) is 14.0. The van der Waals surface area contributed by atoms with Crippen LogP contribution in [-0.4, -0.2) is 70.1 Å². The Balaban J connectivity index is 1.18. The highest BCUT2D eigenvalue weighted by molar-refractivity contribution is 7.11. The zero-order valence-electron chi connectivity index (χ0n) is 25.7. The average Bonchev–Trinajstić information content (AvgIpc) is 4.02. The van der Waals surface area contributed by atoms with Gasteiger partial charge in [-0.15, -0.1) is 21.5 Å². The number of methoxy groups -OCH3 is 1. The molecule has 4 aromatic rings. The number of pyridine rings is 1. The van der Waals surface area contributed by atoms with Crippen LogP contribution in [0.15, 0.2) is 48.8 Å². The van der Waals surface area contributed by atoms with Gasteiger partial charge in [0.05, 0.1) is 42.6 Å². The van der Waals surface area contributed by atoms with Crippen LogP contribution in [-0.2, 0) is 22.7 Å². The average molecular weight is 643 g/mol. The number of amides is 3. The number of nitrogens with one attached hydrogen (secondary N) is 3. The fourth-order valence-corrected chi connectivity index (χ4v) is 5.61. The molecular weight excluding hydrogens is 608 g/mol. The minimum atomic E-state index is -0.447. The molecule has 0 saturated heterocycles. The molecule has 0 bridgehead atoms. The second-order valence-corrected chi connectivity index (χ2v) is 12.4. The van der Waals surface area contributed by atoms with E-state index in [4.69, 9.17) is 9.47 Å². The van der Waals surface area contributed by atoms with Gasteiger partial charge in [-0.2, -0.15) is 0 Å². The summed E-state index contributed by atoms with van der Waals surface area (Å²) in [4.78, 5) is 49.6. The predicted molar refractivity (Wildman–Crippen MR) is 172 cm³/mol. The highest BCUT2D eigenvalue weighted by Crippen LogP contribution is 2.38. The number of para-hydroxylation sites is 1. The third-order valence-corrected chi connectivity index (χ3v) is 8.48. The van der Waals surface area contributed by atoms with Crippen LogP contribution in [0.25, 0.3) is 11.1 Å². The lowest BCUT2D eigenvalue weighted by atomic mass is 10.0. The molecule has 0 atom stereocenters. The molecule has 3 heterocycles. The molecule has 238 valence electrons. The van der Waals surface area contributed by atoms with Gasteiger partial charge in [0.25, 0.3) is 11.8 Å². The SMILES string of the molecule is CNC(=O)c1nnc(NC(=O)C2CC2)cc1Nc1cccc(-c2ccc(C(=O)N(C)Cc3ncc(COC4CC4)s3)nc2)c1OC. The number of carbonyl (C=O) groups is 3. The molecule has 1 aromatic carbocycles. The molecule has 0 radical (unpaired) electrons. The number of thiazole rings is 1. The number of rotatable bonds is 13. The number of anilines is 3. The van der Waals surface area contributed by atoms with Crippen LogP contribution in [0.1, 0.15) is 56.5 Å². The van der Waals surface area contributed by atoms with E-state index in [0.717, 1.165) is 41.1 Å². The van der Waals surface area contributed by atoms with Gasteiger partial charge in [0.2, 0.25) is 5.91 Å². The summed E-state index contributed by atoms with van der Waals surface area (Å²) in [6.45, 7) is 0.920. The molecule has 0 spiro atoms. The summed E-state index contributed by atoms with van der Waals surface area (Å²) in [5, 5.41) is 17.5. The number of aromatic nitrogens is 4. The number of benzene rings is 1. The maximum absolute atomic E-state index is 13.2. The van der Waals surface area contributed by atoms with Crippen LogP contribution >= 0.6 is 11.3 Å². The van der Waals surface area contributed by atoms with E-state index < -0.39 is 5.91 Å². The molecule has 2 fully saturated rings. The standard InChI is InChI=1S/C32H34N8O5S/c1-33-31(42)28-25(13-26(38-39-28)37-30(41)18-7-8-18)36-23-6-4-5-22(29(23)44-3)19-9-12-24(34-14-19)32(43)40(2)16-27-35-15-21(46-27)17-45-20-10-11-20/h4-6,9,12-15,18,20H,7-8,10-11,16-17H2,1-3H3,(H,33,42)(H2,36,37,38,41). The Morgan fingerprint density at radius 1 is 1.02 bits per heavy atom. The van der Waals surface area contributed by atoms with Crippen molar-refractivity contribution in [2.45, 2.75) is 44.9 Å². The second kappa shape index (κ2) is 13.6. The Kier molecular flexibility index (Phi) is 9.17. The van der Waals surface area contributed by atoms with E-state index in [-0.39, 0.29) is 29.2 Å². The van der Waals surface area contributed by atoms with Crippen molar-refractivity contribution in [3.05, 3.63) is 70.1 Å². The molecule has 3 amide bonds. The van der Waals surface area contributed by atoms with Crippen molar-refractivity contribution in [2.24, 2.45) is 5.92 Å². The van der Waals surface area contributed by atoms with Crippen LogP contribution in [0.2, 0.25) is 0 Å². The maximum Gasteiger partial charge on any atom is 0.273 e. The lowest BCUT2D eigenvalue weighted by Crippen LogP contribution is -2.26. The van der Waals surface area contributed by atoms with E-state index in [1.165, 1.54) is 14.2 Å². The number of nitrogens with zero attached hydrogens (tertiary/aromatic N) is 5. The minimum Gasteiger partial charge on any atom is -0.494 e. The monoisotopic (exact) mass is 642 g/mol. The van der Waals surface area contributed by atoms with Gasteiger partial charge in [-0.3, -0.25) is 19.4 Å². The summed E-state index contributed by atoms with van der Waals surface area (Å²) in [5.74, 6) is -0.107. The third kappa shape index (κ3) is 7.29. The van der Waals surface area contributed by atoms with E-state index in [1.807, 2.05) is 18.2 Å². The van der Waals surface area contributed by atoms with E-state index in [2.05, 4.69) is 36.1 Å². The first kappa shape index (κ1) is 31.0. The zero-order valence-corrected chi connectivity index (χ0v) is 26.5. The largest absolute Gasteiger partial charge is 0.494 e. The van der Waals surface area contributed by atoms with Crippen molar-refractivity contribution in [3.63, 3.8) is 0 Å². The fraction of sp³-hybridized carbons (Fsp3) is 0.344. The van der Waals surface area contributed by atoms with Gasteiger partial charge in [0.1, 0.15) is 16.5 Å². The number of hydrogen-bond donors (Lipinski definition) is 3. The van der Waals surface area contributed by atoms with Gasteiger partial charge >= 0.3 is 0 Å². The molecule has 46 heavy (non-hydrogen) atoms. The van der Waals surface area contributed by atoms with E-state index in [9.17, 15) is 14.4 Å². The number of carbonyl (C=O) groups excluding carboxylic acids is 3. The van der Waals surface area contributed by atoms with Gasteiger partial charge in [0.15, 0.2) is 11.5 Å². The van der Waals surface area contributed by atoms with Gasteiger partial charge in [-0.1, -0.05) is 18.2 Å². The molecular formula is C32H34N8O5S. The summed E-state index contributed by atoms with van der Waals surface area (Å²) in [6.07, 6.45) is 7.73. The molecule has 0 aliphatic heterocycles. The summed E-state index contributed by atoms with van der Waals surface area (Å²) >= 11 is 1.54. The van der Waals surface area contributed by atoms with E-state index in [1.54, 1.807) is 53.9 Å². The first-order valence-corrected chi connectivity index (χ1v) is 15.8. The topological polar surface area (TPSA) is 161 Å². The third-order valence-electron chi connectivity index (χ3n) is 7.52. The van der Waals surface area contributed by atoms with Gasteiger partial charge in [0, 0.05) is 49.6 Å². The lowest BCUT2D eigenvalue weighted by molar-refractivity contribution is -0.117. The van der Waals surface area contributed by atoms with E-state index >= 15 is 0 Å². The highest BCUT2D eigenvalue weighted by Gasteiger charge is 2.30. The Bertz CT molecular complexity index is 1750. The van der Waals surface area contributed by atoms with Gasteiger partial charge in [-0.05, 0) is 37.8 Å². The Hall–Kier alpha value is -4.95.